The lowest BCUT2D eigenvalue weighted by atomic mass is 10.2. The second kappa shape index (κ2) is 8.94. The fourth-order valence-electron chi connectivity index (χ4n) is 4.08. The lowest BCUT2D eigenvalue weighted by Gasteiger charge is -2.28. The van der Waals surface area contributed by atoms with Crippen molar-refractivity contribution in [3.05, 3.63) is 71.4 Å². The van der Waals surface area contributed by atoms with Crippen molar-refractivity contribution in [1.82, 2.24) is 14.3 Å². The predicted octanol–water partition coefficient (Wildman–Crippen LogP) is 4.45. The molecule has 0 aliphatic carbocycles. The summed E-state index contributed by atoms with van der Waals surface area (Å²) in [5, 5.41) is 2.30. The van der Waals surface area contributed by atoms with Gasteiger partial charge in [-0.05, 0) is 54.5 Å². The number of hydrogen-bond donors (Lipinski definition) is 0. The molecule has 1 aromatic carbocycles. The Morgan fingerprint density at radius 3 is 2.82 bits per heavy atom. The number of rotatable bonds is 6. The molecule has 1 unspecified atom stereocenters. The fourth-order valence-corrected chi connectivity index (χ4v) is 7.90. The van der Waals surface area contributed by atoms with Crippen LogP contribution in [0, 0.1) is 6.92 Å². The number of nitrogens with zero attached hydrogens (tertiary/aromatic N) is 4. The van der Waals surface area contributed by atoms with Gasteiger partial charge >= 0.3 is 0 Å². The van der Waals surface area contributed by atoms with Crippen molar-refractivity contribution in [3.63, 3.8) is 0 Å². The van der Waals surface area contributed by atoms with Crippen molar-refractivity contribution in [2.75, 3.05) is 11.4 Å². The van der Waals surface area contributed by atoms with Crippen LogP contribution < -0.4 is 4.90 Å². The highest BCUT2D eigenvalue weighted by Gasteiger charge is 2.42. The fraction of sp³-hybridized carbons (Fsp3) is 0.261. The van der Waals surface area contributed by atoms with E-state index in [-0.39, 0.29) is 16.7 Å². The van der Waals surface area contributed by atoms with Gasteiger partial charge in [-0.25, -0.2) is 13.4 Å². The van der Waals surface area contributed by atoms with Crippen LogP contribution in [0.3, 0.4) is 0 Å². The van der Waals surface area contributed by atoms with Crippen molar-refractivity contribution < 1.29 is 13.2 Å². The molecule has 0 saturated carbocycles. The highest BCUT2D eigenvalue weighted by atomic mass is 32.2. The van der Waals surface area contributed by atoms with Gasteiger partial charge in [0.15, 0.2) is 5.13 Å². The van der Waals surface area contributed by atoms with E-state index in [4.69, 9.17) is 4.98 Å². The summed E-state index contributed by atoms with van der Waals surface area (Å²) in [6, 6.07) is 12.2. The number of amides is 1. The molecular weight excluding hydrogens is 476 g/mol. The SMILES string of the molecule is Cc1cccc2sc(N(Cc3cccnc3)C(=O)C3CCCN3S(=O)(=O)c3cccs3)nc12. The molecule has 7 nitrogen and oxygen atoms in total. The molecule has 0 N–H and O–H groups in total. The molecule has 4 aromatic rings. The second-order valence-corrected chi connectivity index (χ2v) is 12.0. The molecule has 3 aromatic heterocycles. The molecule has 0 spiro atoms. The highest BCUT2D eigenvalue weighted by molar-refractivity contribution is 7.91. The van der Waals surface area contributed by atoms with Gasteiger partial charge in [0.2, 0.25) is 5.91 Å². The molecular formula is C23H22N4O3S3. The van der Waals surface area contributed by atoms with Crippen LogP contribution in [0.2, 0.25) is 0 Å². The van der Waals surface area contributed by atoms with E-state index in [1.165, 1.54) is 27.0 Å². The number of para-hydroxylation sites is 1. The van der Waals surface area contributed by atoms with E-state index in [2.05, 4.69) is 4.98 Å². The van der Waals surface area contributed by atoms with E-state index in [1.54, 1.807) is 34.8 Å². The van der Waals surface area contributed by atoms with Crippen LogP contribution in [-0.2, 0) is 21.4 Å². The Bertz CT molecular complexity index is 1390. The van der Waals surface area contributed by atoms with Crippen LogP contribution in [0.5, 0.6) is 0 Å². The molecule has 1 amide bonds. The van der Waals surface area contributed by atoms with Crippen molar-refractivity contribution >= 4 is 54.0 Å². The summed E-state index contributed by atoms with van der Waals surface area (Å²) in [5.41, 5.74) is 2.75. The summed E-state index contributed by atoms with van der Waals surface area (Å²) in [5.74, 6) is -0.256. The molecule has 1 atom stereocenters. The first-order valence-corrected chi connectivity index (χ1v) is 13.7. The monoisotopic (exact) mass is 498 g/mol. The lowest BCUT2D eigenvalue weighted by Crippen LogP contribution is -2.47. The third kappa shape index (κ3) is 4.19. The standard InChI is InChI=1S/C23H22N4O3S3/c1-16-6-2-9-19-21(16)25-23(32-19)26(15-17-7-3-11-24-14-17)22(28)18-8-4-12-27(18)33(29,30)20-10-5-13-31-20/h2-3,5-7,9-11,13-14,18H,4,8,12,15H2,1H3. The first-order chi connectivity index (χ1) is 15.9. The van der Waals surface area contributed by atoms with Crippen LogP contribution in [0.15, 0.2) is 64.4 Å². The lowest BCUT2D eigenvalue weighted by molar-refractivity contribution is -0.121. The molecule has 0 radical (unpaired) electrons. The van der Waals surface area contributed by atoms with Crippen molar-refractivity contribution in [2.24, 2.45) is 0 Å². The van der Waals surface area contributed by atoms with Gasteiger partial charge in [0.25, 0.3) is 10.0 Å². The average molecular weight is 499 g/mol. The number of aromatic nitrogens is 2. The number of thiazole rings is 1. The Morgan fingerprint density at radius 2 is 2.09 bits per heavy atom. The number of carbonyl (C=O) groups is 1. The Hall–Kier alpha value is -2.66. The first kappa shape index (κ1) is 22.1. The minimum absolute atomic E-state index is 0.256. The molecule has 1 fully saturated rings. The number of sulfonamides is 1. The number of thiophene rings is 1. The van der Waals surface area contributed by atoms with E-state index < -0.39 is 16.1 Å². The molecule has 4 heterocycles. The maximum absolute atomic E-state index is 13.9. The number of benzene rings is 1. The quantitative estimate of drug-likeness (QED) is 0.392. The summed E-state index contributed by atoms with van der Waals surface area (Å²) in [7, 11) is -3.73. The van der Waals surface area contributed by atoms with Crippen molar-refractivity contribution in [2.45, 2.75) is 36.6 Å². The van der Waals surface area contributed by atoms with Gasteiger partial charge in [-0.1, -0.05) is 35.6 Å². The zero-order chi connectivity index (χ0) is 23.0. The molecule has 1 saturated heterocycles. The first-order valence-electron chi connectivity index (χ1n) is 10.6. The summed E-state index contributed by atoms with van der Waals surface area (Å²) in [6.07, 6.45) is 4.52. The van der Waals surface area contributed by atoms with E-state index in [9.17, 15) is 13.2 Å². The third-order valence-corrected chi connectivity index (χ3v) is 10.0. The van der Waals surface area contributed by atoms with Gasteiger partial charge in [0, 0.05) is 18.9 Å². The van der Waals surface area contributed by atoms with Crippen LogP contribution in [-0.4, -0.2) is 41.2 Å². The van der Waals surface area contributed by atoms with Crippen LogP contribution in [0.25, 0.3) is 10.2 Å². The highest BCUT2D eigenvalue weighted by Crippen LogP contribution is 2.35. The second-order valence-electron chi connectivity index (χ2n) is 7.91. The number of fused-ring (bicyclic) bond motifs is 1. The Morgan fingerprint density at radius 1 is 1.21 bits per heavy atom. The molecule has 1 aliphatic rings. The largest absolute Gasteiger partial charge is 0.282 e. The Balaban J connectivity index is 1.54. The van der Waals surface area contributed by atoms with E-state index in [0.717, 1.165) is 21.3 Å². The molecule has 1 aliphatic heterocycles. The van der Waals surface area contributed by atoms with Gasteiger partial charge < -0.3 is 0 Å². The van der Waals surface area contributed by atoms with E-state index in [1.807, 2.05) is 37.3 Å². The van der Waals surface area contributed by atoms with Crippen molar-refractivity contribution in [3.8, 4) is 0 Å². The molecule has 33 heavy (non-hydrogen) atoms. The minimum atomic E-state index is -3.73. The van der Waals surface area contributed by atoms with Gasteiger partial charge in [-0.3, -0.25) is 14.7 Å². The number of hydrogen-bond acceptors (Lipinski definition) is 7. The van der Waals surface area contributed by atoms with Crippen LogP contribution in [0.1, 0.15) is 24.0 Å². The number of pyridine rings is 1. The van der Waals surface area contributed by atoms with Gasteiger partial charge in [-0.2, -0.15) is 4.31 Å². The number of carbonyl (C=O) groups excluding carboxylic acids is 1. The third-order valence-electron chi connectivity index (χ3n) is 5.72. The normalized spacial score (nSPS) is 16.9. The molecule has 0 bridgehead atoms. The predicted molar refractivity (Wildman–Crippen MR) is 131 cm³/mol. The summed E-state index contributed by atoms with van der Waals surface area (Å²) < 4.78 is 29.1. The van der Waals surface area contributed by atoms with Crippen molar-refractivity contribution in [1.29, 1.82) is 0 Å². The maximum Gasteiger partial charge on any atom is 0.253 e. The van der Waals surface area contributed by atoms with Crippen LogP contribution in [0.4, 0.5) is 5.13 Å². The zero-order valence-electron chi connectivity index (χ0n) is 17.9. The van der Waals surface area contributed by atoms with Gasteiger partial charge in [-0.15, -0.1) is 11.3 Å². The van der Waals surface area contributed by atoms with E-state index >= 15 is 0 Å². The van der Waals surface area contributed by atoms with Gasteiger partial charge in [0.05, 0.1) is 16.8 Å². The molecule has 170 valence electrons. The Kier molecular flexibility index (Phi) is 6.00. The molecule has 5 rings (SSSR count). The maximum atomic E-state index is 13.9. The average Bonchev–Trinajstić information content (AvgIpc) is 3.58. The summed E-state index contributed by atoms with van der Waals surface area (Å²) in [4.78, 5) is 24.5. The zero-order valence-corrected chi connectivity index (χ0v) is 20.4. The summed E-state index contributed by atoms with van der Waals surface area (Å²) >= 11 is 2.61. The minimum Gasteiger partial charge on any atom is -0.282 e. The molecule has 10 heteroatoms. The number of anilines is 1. The van der Waals surface area contributed by atoms with E-state index in [0.29, 0.717) is 24.5 Å². The smallest absolute Gasteiger partial charge is 0.253 e. The number of aryl methyl sites for hydroxylation is 1. The van der Waals surface area contributed by atoms with Crippen LogP contribution >= 0.6 is 22.7 Å². The Labute approximate surface area is 200 Å². The summed E-state index contributed by atoms with van der Waals surface area (Å²) in [6.45, 7) is 2.59. The topological polar surface area (TPSA) is 83.5 Å². The van der Waals surface area contributed by atoms with Gasteiger partial charge in [0.1, 0.15) is 10.3 Å².